The minimum absolute atomic E-state index is 0.00996. The third kappa shape index (κ3) is 7.11. The van der Waals surface area contributed by atoms with E-state index in [1.54, 1.807) is 13.0 Å². The molecule has 1 aliphatic rings. The van der Waals surface area contributed by atoms with Crippen LogP contribution in [0.25, 0.3) is 0 Å². The van der Waals surface area contributed by atoms with Crippen molar-refractivity contribution in [2.45, 2.75) is 56.7 Å². The molecule has 0 bridgehead atoms. The second-order valence-corrected chi connectivity index (χ2v) is 10.5. The molecule has 1 aliphatic carbocycles. The number of aromatic nitrogens is 1. The molecule has 1 unspecified atom stereocenters. The lowest BCUT2D eigenvalue weighted by Gasteiger charge is -2.39. The maximum atomic E-state index is 14.6. The second-order valence-electron chi connectivity index (χ2n) is 10.1. The van der Waals surface area contributed by atoms with E-state index in [0.717, 1.165) is 21.9 Å². The molecule has 0 radical (unpaired) electrons. The third-order valence-corrected chi connectivity index (χ3v) is 7.29. The van der Waals surface area contributed by atoms with Gasteiger partial charge in [-0.15, -0.1) is 0 Å². The van der Waals surface area contributed by atoms with Gasteiger partial charge in [-0.25, -0.2) is 22.5 Å². The third-order valence-electron chi connectivity index (χ3n) is 6.94. The van der Waals surface area contributed by atoms with Gasteiger partial charge in [-0.2, -0.15) is 5.26 Å². The van der Waals surface area contributed by atoms with Crippen LogP contribution in [0.3, 0.4) is 0 Å². The van der Waals surface area contributed by atoms with Crippen LogP contribution in [-0.2, 0) is 14.4 Å². The number of nitriles is 1. The first-order chi connectivity index (χ1) is 20.5. The fourth-order valence-electron chi connectivity index (χ4n) is 4.95. The monoisotopic (exact) mass is 615 g/mol. The average Bonchev–Trinajstić information content (AvgIpc) is 2.94. The van der Waals surface area contributed by atoms with Gasteiger partial charge in [0.25, 0.3) is 11.8 Å². The zero-order chi connectivity index (χ0) is 31.3. The Balaban J connectivity index is 1.89. The van der Waals surface area contributed by atoms with E-state index in [1.807, 2.05) is 6.07 Å². The molecular formula is C30H26ClF4N5O3. The highest BCUT2D eigenvalue weighted by Gasteiger charge is 2.48. The van der Waals surface area contributed by atoms with Crippen molar-refractivity contribution in [2.24, 2.45) is 0 Å². The fourth-order valence-corrected chi connectivity index (χ4v) is 5.19. The van der Waals surface area contributed by atoms with Gasteiger partial charge in [0, 0.05) is 41.7 Å². The average molecular weight is 616 g/mol. The van der Waals surface area contributed by atoms with E-state index >= 15 is 0 Å². The first kappa shape index (κ1) is 31.4. The van der Waals surface area contributed by atoms with Gasteiger partial charge >= 0.3 is 0 Å². The molecule has 3 aromatic rings. The summed E-state index contributed by atoms with van der Waals surface area (Å²) < 4.78 is 56.4. The zero-order valence-corrected chi connectivity index (χ0v) is 23.6. The van der Waals surface area contributed by atoms with E-state index in [9.17, 15) is 37.2 Å². The van der Waals surface area contributed by atoms with Crippen molar-refractivity contribution >= 4 is 41.3 Å². The molecular weight excluding hydrogens is 590 g/mol. The summed E-state index contributed by atoms with van der Waals surface area (Å²) in [5.74, 6) is -7.02. The van der Waals surface area contributed by atoms with Crippen molar-refractivity contribution in [1.82, 2.24) is 10.3 Å². The Hall–Kier alpha value is -4.50. The number of pyridine rings is 1. The number of nitrogens with one attached hydrogen (secondary N) is 1. The lowest BCUT2D eigenvalue weighted by atomic mass is 9.87. The summed E-state index contributed by atoms with van der Waals surface area (Å²) in [5.41, 5.74) is -0.190. The summed E-state index contributed by atoms with van der Waals surface area (Å²) in [6.07, 6.45) is 0.683. The Morgan fingerprint density at radius 2 is 1.84 bits per heavy atom. The van der Waals surface area contributed by atoms with Gasteiger partial charge < -0.3 is 5.32 Å². The van der Waals surface area contributed by atoms with Crippen LogP contribution >= 0.6 is 11.6 Å². The number of halogens is 5. The van der Waals surface area contributed by atoms with Crippen LogP contribution in [0.5, 0.6) is 0 Å². The molecule has 2 aromatic carbocycles. The highest BCUT2D eigenvalue weighted by atomic mass is 35.5. The van der Waals surface area contributed by atoms with Crippen molar-refractivity contribution in [3.05, 3.63) is 88.6 Å². The molecule has 3 amide bonds. The highest BCUT2D eigenvalue weighted by Crippen LogP contribution is 2.39. The number of hydrogen-bond donors (Lipinski definition) is 1. The first-order valence-corrected chi connectivity index (χ1v) is 13.7. The van der Waals surface area contributed by atoms with Crippen LogP contribution < -0.4 is 15.1 Å². The number of anilines is 2. The Bertz CT molecular complexity index is 1540. The number of benzene rings is 2. The number of hydrogen-bond acceptors (Lipinski definition) is 5. The molecule has 0 spiro atoms. The van der Waals surface area contributed by atoms with Crippen LogP contribution in [0.15, 0.2) is 60.8 Å². The van der Waals surface area contributed by atoms with Crippen LogP contribution in [0, 0.1) is 23.0 Å². The normalized spacial score (nSPS) is 15.4. The molecule has 1 heterocycles. The number of carbonyl (C=O) groups is 3. The van der Waals surface area contributed by atoms with Crippen molar-refractivity contribution in [3.8, 4) is 6.07 Å². The Kier molecular flexibility index (Phi) is 9.66. The summed E-state index contributed by atoms with van der Waals surface area (Å²) >= 11 is 6.46. The van der Waals surface area contributed by atoms with Gasteiger partial charge in [0.2, 0.25) is 12.3 Å². The number of amides is 3. The molecule has 0 saturated heterocycles. The van der Waals surface area contributed by atoms with E-state index in [4.69, 9.17) is 11.6 Å². The van der Waals surface area contributed by atoms with E-state index in [2.05, 4.69) is 10.3 Å². The van der Waals surface area contributed by atoms with Gasteiger partial charge in [-0.1, -0.05) is 43.1 Å². The summed E-state index contributed by atoms with van der Waals surface area (Å²) in [4.78, 5) is 46.7. The van der Waals surface area contributed by atoms with E-state index in [1.165, 1.54) is 36.5 Å². The lowest BCUT2D eigenvalue weighted by molar-refractivity contribution is -0.133. The zero-order valence-electron chi connectivity index (χ0n) is 22.8. The molecule has 13 heteroatoms. The van der Waals surface area contributed by atoms with Gasteiger partial charge in [0.15, 0.2) is 0 Å². The summed E-state index contributed by atoms with van der Waals surface area (Å²) in [7, 11) is 0. The fraction of sp³-hybridized carbons (Fsp3) is 0.300. The smallest absolute Gasteiger partial charge is 0.252 e. The van der Waals surface area contributed by atoms with E-state index in [0.29, 0.717) is 18.9 Å². The molecule has 1 N–H and O–H groups in total. The van der Waals surface area contributed by atoms with Gasteiger partial charge in [0.05, 0.1) is 17.3 Å². The quantitative estimate of drug-likeness (QED) is 0.220. The molecule has 2 atom stereocenters. The second kappa shape index (κ2) is 13.2. The lowest BCUT2D eigenvalue weighted by Crippen LogP contribution is -2.56. The Labute approximate surface area is 249 Å². The van der Waals surface area contributed by atoms with Crippen LogP contribution in [0.4, 0.5) is 29.1 Å². The topological polar surface area (TPSA) is 106 Å². The maximum Gasteiger partial charge on any atom is 0.252 e. The molecule has 1 aromatic heterocycles. The standard InChI is InChI=1S/C30H26ClF4N5O3/c1-2-5-25(39(17-41)26-10-18(16-36)8-9-37-26)29(43)40(22-12-19(32)11-20(33)13-22)27(23-6-3-4-7-24(23)31)28(42)38-21-14-30(34,35)15-21/h3-4,6-13,17,21,25,27H,2,5,14-15H2,1H3,(H,38,42)/t25-,27?/m0/s1. The van der Waals surface area contributed by atoms with Crippen LogP contribution in [0.2, 0.25) is 5.02 Å². The molecule has 4 rings (SSSR count). The molecule has 0 aliphatic heterocycles. The summed E-state index contributed by atoms with van der Waals surface area (Å²) in [6, 6.07) is 8.78. The van der Waals surface area contributed by atoms with Gasteiger partial charge in [-0.3, -0.25) is 24.2 Å². The molecule has 224 valence electrons. The van der Waals surface area contributed by atoms with Crippen molar-refractivity contribution in [1.29, 1.82) is 5.26 Å². The highest BCUT2D eigenvalue weighted by molar-refractivity contribution is 6.31. The van der Waals surface area contributed by atoms with E-state index in [-0.39, 0.29) is 34.1 Å². The summed E-state index contributed by atoms with van der Waals surface area (Å²) in [6.45, 7) is 1.73. The predicted octanol–water partition coefficient (Wildman–Crippen LogP) is 5.70. The minimum atomic E-state index is -2.97. The molecule has 8 nitrogen and oxygen atoms in total. The Morgan fingerprint density at radius 3 is 2.42 bits per heavy atom. The minimum Gasteiger partial charge on any atom is -0.351 e. The van der Waals surface area contributed by atoms with Crippen LogP contribution in [-0.4, -0.2) is 41.2 Å². The molecule has 1 saturated carbocycles. The molecule has 43 heavy (non-hydrogen) atoms. The number of rotatable bonds is 11. The molecule has 1 fully saturated rings. The SMILES string of the molecule is CCC[C@@H](C(=O)N(c1cc(F)cc(F)c1)C(C(=O)NC1CC(F)(F)C1)c1ccccc1Cl)N(C=O)c1cc(C#N)ccn1. The maximum absolute atomic E-state index is 14.6. The van der Waals surface area contributed by atoms with Crippen molar-refractivity contribution in [2.75, 3.05) is 9.80 Å². The number of nitrogens with zero attached hydrogens (tertiary/aromatic N) is 4. The summed E-state index contributed by atoms with van der Waals surface area (Å²) in [5, 5.41) is 11.9. The van der Waals surface area contributed by atoms with Gasteiger partial charge in [0.1, 0.15) is 29.5 Å². The largest absolute Gasteiger partial charge is 0.351 e. The van der Waals surface area contributed by atoms with Gasteiger partial charge in [-0.05, 0) is 36.8 Å². The van der Waals surface area contributed by atoms with Crippen molar-refractivity contribution < 1.29 is 31.9 Å². The number of alkyl halides is 2. The van der Waals surface area contributed by atoms with Crippen molar-refractivity contribution in [3.63, 3.8) is 0 Å². The Morgan fingerprint density at radius 1 is 1.16 bits per heavy atom. The van der Waals surface area contributed by atoms with E-state index < -0.39 is 60.3 Å². The number of carbonyl (C=O) groups excluding carboxylic acids is 3. The predicted molar refractivity (Wildman–Crippen MR) is 150 cm³/mol. The van der Waals surface area contributed by atoms with Crippen LogP contribution in [0.1, 0.15) is 49.8 Å². The first-order valence-electron chi connectivity index (χ1n) is 13.3.